The number of fused-ring (bicyclic) bond motifs is 3. The second kappa shape index (κ2) is 5.14. The lowest BCUT2D eigenvalue weighted by Gasteiger charge is -2.20. The number of benzene rings is 2. The lowest BCUT2D eigenvalue weighted by atomic mass is 10.1. The van der Waals surface area contributed by atoms with Crippen LogP contribution in [0.15, 0.2) is 48.0 Å². The van der Waals surface area contributed by atoms with Crippen LogP contribution in [0.3, 0.4) is 0 Å². The van der Waals surface area contributed by atoms with Crippen LogP contribution in [-0.4, -0.2) is 24.7 Å². The summed E-state index contributed by atoms with van der Waals surface area (Å²) >= 11 is 0. The van der Waals surface area contributed by atoms with Crippen LogP contribution in [0.25, 0.3) is 6.08 Å². The van der Waals surface area contributed by atoms with Gasteiger partial charge in [-0.05, 0) is 47.0 Å². The van der Waals surface area contributed by atoms with E-state index in [1.54, 1.807) is 25.3 Å². The zero-order chi connectivity index (χ0) is 16.0. The minimum atomic E-state index is -0.914. The Hall–Kier alpha value is -2.79. The van der Waals surface area contributed by atoms with Gasteiger partial charge >= 0.3 is 5.97 Å². The summed E-state index contributed by atoms with van der Waals surface area (Å²) in [6, 6.07) is 13.2. The third kappa shape index (κ3) is 2.26. The zero-order valence-corrected chi connectivity index (χ0v) is 12.6. The summed E-state index contributed by atoms with van der Waals surface area (Å²) in [5, 5.41) is 11.1. The van der Waals surface area contributed by atoms with Crippen LogP contribution in [0, 0.1) is 0 Å². The van der Waals surface area contributed by atoms with Crippen LogP contribution in [0.5, 0.6) is 5.75 Å². The van der Waals surface area contributed by atoms with E-state index in [0.29, 0.717) is 5.56 Å². The fraction of sp³-hybridized carbons (Fsp3) is 0.167. The molecule has 0 amide bonds. The van der Waals surface area contributed by atoms with Crippen molar-refractivity contribution in [3.8, 4) is 5.75 Å². The van der Waals surface area contributed by atoms with Crippen LogP contribution in [0.2, 0.25) is 0 Å². The fourth-order valence-corrected chi connectivity index (χ4v) is 3.20. The van der Waals surface area contributed by atoms with Gasteiger partial charge in [0.2, 0.25) is 0 Å². The van der Waals surface area contributed by atoms with Gasteiger partial charge in [-0.3, -0.25) is 0 Å². The van der Waals surface area contributed by atoms with Crippen LogP contribution < -0.4 is 15.2 Å². The predicted molar refractivity (Wildman–Crippen MR) is 87.6 cm³/mol. The summed E-state index contributed by atoms with van der Waals surface area (Å²) in [4.78, 5) is 11.1. The average molecular weight is 308 g/mol. The molecule has 2 aliphatic rings. The topological polar surface area (TPSA) is 61.8 Å². The van der Waals surface area contributed by atoms with Gasteiger partial charge in [-0.1, -0.05) is 18.2 Å². The van der Waals surface area contributed by atoms with Gasteiger partial charge in [-0.15, -0.1) is 0 Å². The van der Waals surface area contributed by atoms with Gasteiger partial charge < -0.3 is 14.9 Å². The Bertz CT molecular complexity index is 829. The molecule has 116 valence electrons. The highest BCUT2D eigenvalue weighted by Gasteiger charge is 2.33. The SMILES string of the molecule is COc1ccc2c(c1)C=C1CN(c3cccc(C(=O)O)c3)NC12. The van der Waals surface area contributed by atoms with Gasteiger partial charge in [0, 0.05) is 0 Å². The van der Waals surface area contributed by atoms with Crippen molar-refractivity contribution in [1.29, 1.82) is 0 Å². The van der Waals surface area contributed by atoms with Crippen molar-refractivity contribution in [3.63, 3.8) is 0 Å². The monoisotopic (exact) mass is 308 g/mol. The number of ether oxygens (including phenoxy) is 1. The standard InChI is InChI=1S/C18H16N2O3/c1-23-15-5-6-16-12(9-15)7-13-10-20(19-17(13)16)14-4-2-3-11(8-14)18(21)22/h2-9,17,19H,10H2,1H3,(H,21,22). The summed E-state index contributed by atoms with van der Waals surface area (Å²) < 4.78 is 5.27. The molecule has 23 heavy (non-hydrogen) atoms. The molecule has 0 spiro atoms. The number of carboxylic acids is 1. The Kier molecular flexibility index (Phi) is 3.09. The van der Waals surface area contributed by atoms with Crippen LogP contribution in [0.1, 0.15) is 27.5 Å². The maximum atomic E-state index is 11.1. The van der Waals surface area contributed by atoms with Crippen molar-refractivity contribution >= 4 is 17.7 Å². The van der Waals surface area contributed by atoms with E-state index in [9.17, 15) is 4.79 Å². The molecule has 2 aromatic rings. The van der Waals surface area contributed by atoms with Crippen LogP contribution >= 0.6 is 0 Å². The van der Waals surface area contributed by atoms with Crippen molar-refractivity contribution in [2.24, 2.45) is 0 Å². The molecule has 0 bridgehead atoms. The molecule has 2 N–H and O–H groups in total. The molecule has 2 aromatic carbocycles. The molecule has 1 aliphatic heterocycles. The van der Waals surface area contributed by atoms with Crippen molar-refractivity contribution in [2.45, 2.75) is 6.04 Å². The normalized spacial score (nSPS) is 18.4. The molecule has 1 aliphatic carbocycles. The van der Waals surface area contributed by atoms with E-state index in [1.165, 1.54) is 16.7 Å². The third-order valence-corrected chi connectivity index (χ3v) is 4.35. The summed E-state index contributed by atoms with van der Waals surface area (Å²) in [5.74, 6) is -0.0607. The van der Waals surface area contributed by atoms with Gasteiger partial charge in [0.15, 0.2) is 0 Å². The summed E-state index contributed by atoms with van der Waals surface area (Å²) in [7, 11) is 1.67. The average Bonchev–Trinajstić information content (AvgIpc) is 3.11. The van der Waals surface area contributed by atoms with E-state index in [1.807, 2.05) is 23.2 Å². The van der Waals surface area contributed by atoms with Gasteiger partial charge in [-0.25, -0.2) is 10.2 Å². The minimum Gasteiger partial charge on any atom is -0.497 e. The van der Waals surface area contributed by atoms with E-state index >= 15 is 0 Å². The molecule has 5 nitrogen and oxygen atoms in total. The van der Waals surface area contributed by atoms with Crippen molar-refractivity contribution in [3.05, 3.63) is 64.7 Å². The lowest BCUT2D eigenvalue weighted by Crippen LogP contribution is -2.32. The van der Waals surface area contributed by atoms with E-state index in [4.69, 9.17) is 9.84 Å². The molecule has 1 heterocycles. The van der Waals surface area contributed by atoms with Gasteiger partial charge in [0.1, 0.15) is 5.75 Å². The van der Waals surface area contributed by atoms with E-state index in [0.717, 1.165) is 18.0 Å². The third-order valence-electron chi connectivity index (χ3n) is 4.35. The Morgan fingerprint density at radius 1 is 1.30 bits per heavy atom. The van der Waals surface area contributed by atoms with Crippen molar-refractivity contribution < 1.29 is 14.6 Å². The maximum absolute atomic E-state index is 11.1. The van der Waals surface area contributed by atoms with Crippen molar-refractivity contribution in [2.75, 3.05) is 18.7 Å². The molecule has 1 atom stereocenters. The number of anilines is 1. The minimum absolute atomic E-state index is 0.143. The number of hydrogen-bond acceptors (Lipinski definition) is 4. The number of nitrogens with one attached hydrogen (secondary N) is 1. The first-order valence-electron chi connectivity index (χ1n) is 7.41. The molecule has 0 radical (unpaired) electrons. The van der Waals surface area contributed by atoms with E-state index in [-0.39, 0.29) is 6.04 Å². The molecule has 1 saturated heterocycles. The van der Waals surface area contributed by atoms with Gasteiger partial charge in [0.05, 0.1) is 30.9 Å². The number of methoxy groups -OCH3 is 1. The fourth-order valence-electron chi connectivity index (χ4n) is 3.20. The molecular weight excluding hydrogens is 292 g/mol. The number of nitrogens with zero attached hydrogens (tertiary/aromatic N) is 1. The highest BCUT2D eigenvalue weighted by molar-refractivity contribution is 5.89. The molecule has 0 saturated carbocycles. The molecule has 1 fully saturated rings. The second-order valence-corrected chi connectivity index (χ2v) is 5.72. The highest BCUT2D eigenvalue weighted by atomic mass is 16.5. The summed E-state index contributed by atoms with van der Waals surface area (Å²) in [6.07, 6.45) is 2.18. The lowest BCUT2D eigenvalue weighted by molar-refractivity contribution is 0.0697. The number of carbonyl (C=O) groups is 1. The Labute approximate surface area is 133 Å². The smallest absolute Gasteiger partial charge is 0.335 e. The number of hydrazine groups is 1. The first-order valence-corrected chi connectivity index (χ1v) is 7.41. The summed E-state index contributed by atoms with van der Waals surface area (Å²) in [5.41, 5.74) is 8.28. The highest BCUT2D eigenvalue weighted by Crippen LogP contribution is 2.40. The second-order valence-electron chi connectivity index (χ2n) is 5.72. The van der Waals surface area contributed by atoms with Gasteiger partial charge in [0.25, 0.3) is 0 Å². The Balaban J connectivity index is 1.62. The zero-order valence-electron chi connectivity index (χ0n) is 12.6. The quantitative estimate of drug-likeness (QED) is 0.913. The number of carboxylic acid groups (broad SMARTS) is 1. The van der Waals surface area contributed by atoms with Crippen LogP contribution in [0.4, 0.5) is 5.69 Å². The first-order chi connectivity index (χ1) is 11.2. The predicted octanol–water partition coefficient (Wildman–Crippen LogP) is 2.86. The van der Waals surface area contributed by atoms with Crippen molar-refractivity contribution in [1.82, 2.24) is 5.43 Å². The molecule has 5 heteroatoms. The Morgan fingerprint density at radius 2 is 2.17 bits per heavy atom. The first kappa shape index (κ1) is 13.8. The largest absolute Gasteiger partial charge is 0.497 e. The van der Waals surface area contributed by atoms with Crippen LogP contribution in [-0.2, 0) is 0 Å². The molecule has 0 aromatic heterocycles. The number of aromatic carboxylic acids is 1. The summed E-state index contributed by atoms with van der Waals surface area (Å²) in [6.45, 7) is 0.727. The molecular formula is C18H16N2O3. The number of hydrogen-bond donors (Lipinski definition) is 2. The number of rotatable bonds is 3. The molecule has 4 rings (SSSR count). The maximum Gasteiger partial charge on any atom is 0.335 e. The molecule has 1 unspecified atom stereocenters. The van der Waals surface area contributed by atoms with E-state index in [2.05, 4.69) is 17.6 Å². The van der Waals surface area contributed by atoms with E-state index < -0.39 is 5.97 Å². The van der Waals surface area contributed by atoms with Gasteiger partial charge in [-0.2, -0.15) is 0 Å². The Morgan fingerprint density at radius 3 is 2.96 bits per heavy atom.